The molecule has 1 spiro atoms. The Kier molecular flexibility index (Phi) is 8.17. The van der Waals surface area contributed by atoms with Gasteiger partial charge in [-0.1, -0.05) is 0 Å². The number of carbonyl (C=O) groups excluding carboxylic acids is 2. The van der Waals surface area contributed by atoms with E-state index in [1.165, 1.54) is 24.3 Å². The number of benzene rings is 3. The van der Waals surface area contributed by atoms with E-state index in [1.807, 2.05) is 0 Å². The fourth-order valence-corrected chi connectivity index (χ4v) is 4.80. The smallest absolute Gasteiger partial charge is 0.340 e. The number of ether oxygens (including phenoxy) is 5. The SMILES string of the molecule is NCCOCCOCCOCCNC(=O)c1ccc2c(c1)C1(OC2=O)c2ccc(O)cc2Oc2cc(O)ccc21. The zero-order valence-corrected chi connectivity index (χ0v) is 21.7. The van der Waals surface area contributed by atoms with Crippen LogP contribution in [0.25, 0.3) is 0 Å². The van der Waals surface area contributed by atoms with Crippen LogP contribution in [0.4, 0.5) is 0 Å². The maximum atomic E-state index is 13.1. The van der Waals surface area contributed by atoms with Crippen LogP contribution in [0.15, 0.2) is 54.6 Å². The number of hydrogen-bond donors (Lipinski definition) is 4. The average molecular weight is 551 g/mol. The van der Waals surface area contributed by atoms with E-state index in [2.05, 4.69) is 5.32 Å². The highest BCUT2D eigenvalue weighted by atomic mass is 16.6. The Bertz CT molecular complexity index is 1360. The van der Waals surface area contributed by atoms with Gasteiger partial charge in [-0.3, -0.25) is 4.79 Å². The summed E-state index contributed by atoms with van der Waals surface area (Å²) in [5, 5.41) is 23.0. The van der Waals surface area contributed by atoms with Gasteiger partial charge >= 0.3 is 5.97 Å². The summed E-state index contributed by atoms with van der Waals surface area (Å²) in [6.07, 6.45) is 0. The maximum absolute atomic E-state index is 13.1. The quantitative estimate of drug-likeness (QED) is 0.195. The number of phenols is 2. The number of esters is 1. The third-order valence-corrected chi connectivity index (χ3v) is 6.57. The number of fused-ring (bicyclic) bond motifs is 6. The first-order chi connectivity index (χ1) is 19.4. The van der Waals surface area contributed by atoms with Crippen LogP contribution in [0.5, 0.6) is 23.0 Å². The highest BCUT2D eigenvalue weighted by Gasteiger charge is 2.53. The fourth-order valence-electron chi connectivity index (χ4n) is 4.80. The third kappa shape index (κ3) is 5.32. The molecule has 11 nitrogen and oxygen atoms in total. The molecule has 5 rings (SSSR count). The average Bonchev–Trinajstić information content (AvgIpc) is 3.23. The van der Waals surface area contributed by atoms with E-state index in [-0.39, 0.29) is 35.4 Å². The van der Waals surface area contributed by atoms with Crippen LogP contribution >= 0.6 is 0 Å². The molecule has 0 atom stereocenters. The molecule has 3 aromatic rings. The van der Waals surface area contributed by atoms with Crippen molar-refractivity contribution in [3.8, 4) is 23.0 Å². The standard InChI is InChI=1S/C29H30N2O9/c30-7-9-36-11-13-38-14-12-37-10-8-31-27(34)18-1-4-21-24(15-18)29(40-28(21)35)22-5-2-19(32)16-25(22)39-26-17-20(33)3-6-23(26)29/h1-6,15-17,32-33H,7-14,30H2,(H,31,34). The van der Waals surface area contributed by atoms with Crippen molar-refractivity contribution in [2.45, 2.75) is 5.60 Å². The van der Waals surface area contributed by atoms with Crippen LogP contribution < -0.4 is 15.8 Å². The number of amides is 1. The lowest BCUT2D eigenvalue weighted by atomic mass is 9.77. The first-order valence-corrected chi connectivity index (χ1v) is 12.9. The third-order valence-electron chi connectivity index (χ3n) is 6.57. The molecule has 1 amide bonds. The minimum Gasteiger partial charge on any atom is -0.508 e. The molecule has 2 aliphatic heterocycles. The van der Waals surface area contributed by atoms with E-state index in [9.17, 15) is 19.8 Å². The van der Waals surface area contributed by atoms with Crippen LogP contribution in [0.1, 0.15) is 37.4 Å². The molecule has 210 valence electrons. The maximum Gasteiger partial charge on any atom is 0.340 e. The molecule has 40 heavy (non-hydrogen) atoms. The van der Waals surface area contributed by atoms with Gasteiger partial charge in [0.1, 0.15) is 23.0 Å². The first-order valence-electron chi connectivity index (χ1n) is 12.9. The van der Waals surface area contributed by atoms with Crippen LogP contribution in [-0.4, -0.2) is 74.8 Å². The summed E-state index contributed by atoms with van der Waals surface area (Å²) in [6, 6.07) is 13.7. The molecule has 0 bridgehead atoms. The van der Waals surface area contributed by atoms with Gasteiger partial charge in [-0.25, -0.2) is 4.79 Å². The van der Waals surface area contributed by atoms with Crippen molar-refractivity contribution in [1.29, 1.82) is 0 Å². The number of rotatable bonds is 12. The first kappa shape index (κ1) is 27.4. The number of carbonyl (C=O) groups is 2. The number of aromatic hydroxyl groups is 2. The second-order valence-electron chi connectivity index (χ2n) is 9.18. The van der Waals surface area contributed by atoms with Gasteiger partial charge in [0.25, 0.3) is 5.91 Å². The van der Waals surface area contributed by atoms with Gasteiger partial charge in [-0.15, -0.1) is 0 Å². The zero-order valence-electron chi connectivity index (χ0n) is 21.7. The molecule has 5 N–H and O–H groups in total. The lowest BCUT2D eigenvalue weighted by molar-refractivity contribution is 0.0166. The molecule has 0 radical (unpaired) electrons. The largest absolute Gasteiger partial charge is 0.508 e. The van der Waals surface area contributed by atoms with Crippen molar-refractivity contribution in [2.24, 2.45) is 5.73 Å². The topological polar surface area (TPSA) is 159 Å². The van der Waals surface area contributed by atoms with Crippen molar-refractivity contribution in [3.05, 3.63) is 82.4 Å². The molecule has 0 saturated heterocycles. The van der Waals surface area contributed by atoms with Crippen LogP contribution in [0.2, 0.25) is 0 Å². The van der Waals surface area contributed by atoms with Crippen LogP contribution in [0.3, 0.4) is 0 Å². The zero-order chi connectivity index (χ0) is 28.1. The Hall–Kier alpha value is -4.16. The number of nitrogens with two attached hydrogens (primary N) is 1. The number of phenolic OH excluding ortho intramolecular Hbond substituents is 2. The molecule has 0 aromatic heterocycles. The Labute approximate surface area is 230 Å². The Morgan fingerprint density at radius 1 is 0.800 bits per heavy atom. The van der Waals surface area contributed by atoms with Crippen LogP contribution in [0, 0.1) is 0 Å². The highest BCUT2D eigenvalue weighted by Crippen LogP contribution is 2.57. The van der Waals surface area contributed by atoms with Gasteiger partial charge < -0.3 is 44.9 Å². The molecule has 11 heteroatoms. The van der Waals surface area contributed by atoms with Crippen molar-refractivity contribution >= 4 is 11.9 Å². The predicted molar refractivity (Wildman–Crippen MR) is 142 cm³/mol. The normalized spacial score (nSPS) is 14.2. The number of nitrogens with one attached hydrogen (secondary N) is 1. The van der Waals surface area contributed by atoms with Gasteiger partial charge in [-0.2, -0.15) is 0 Å². The Morgan fingerprint density at radius 3 is 2.02 bits per heavy atom. The summed E-state index contributed by atoms with van der Waals surface area (Å²) in [5.41, 5.74) is 5.95. The van der Waals surface area contributed by atoms with Gasteiger partial charge in [-0.05, 0) is 42.5 Å². The van der Waals surface area contributed by atoms with Crippen molar-refractivity contribution in [3.63, 3.8) is 0 Å². The minimum atomic E-state index is -1.44. The molecular formula is C29H30N2O9. The number of hydrogen-bond acceptors (Lipinski definition) is 10. The summed E-state index contributed by atoms with van der Waals surface area (Å²) in [7, 11) is 0. The lowest BCUT2D eigenvalue weighted by Crippen LogP contribution is -2.33. The molecule has 0 fully saturated rings. The van der Waals surface area contributed by atoms with Gasteiger partial charge in [0, 0.05) is 47.5 Å². The van der Waals surface area contributed by atoms with E-state index < -0.39 is 11.6 Å². The summed E-state index contributed by atoms with van der Waals surface area (Å²) < 4.78 is 28.1. The van der Waals surface area contributed by atoms with E-state index in [4.69, 9.17) is 29.4 Å². The van der Waals surface area contributed by atoms with Crippen molar-refractivity contribution < 1.29 is 43.5 Å². The van der Waals surface area contributed by atoms with E-state index in [0.717, 1.165) is 0 Å². The van der Waals surface area contributed by atoms with Crippen molar-refractivity contribution in [2.75, 3.05) is 52.7 Å². The fraction of sp³-hybridized carbons (Fsp3) is 0.310. The lowest BCUT2D eigenvalue weighted by Gasteiger charge is -2.36. The molecule has 0 unspecified atom stereocenters. The summed E-state index contributed by atoms with van der Waals surface area (Å²) >= 11 is 0. The molecule has 0 saturated carbocycles. The van der Waals surface area contributed by atoms with Crippen molar-refractivity contribution in [1.82, 2.24) is 5.32 Å². The molecule has 3 aromatic carbocycles. The van der Waals surface area contributed by atoms with Gasteiger partial charge in [0.15, 0.2) is 5.60 Å². The summed E-state index contributed by atoms with van der Waals surface area (Å²) in [6.45, 7) is 3.24. The van der Waals surface area contributed by atoms with Gasteiger partial charge in [0.2, 0.25) is 0 Å². The minimum absolute atomic E-state index is 0.0412. The molecular weight excluding hydrogens is 520 g/mol. The molecule has 0 aliphatic carbocycles. The van der Waals surface area contributed by atoms with Gasteiger partial charge in [0.05, 0.1) is 45.2 Å². The van der Waals surface area contributed by atoms with E-state index in [0.29, 0.717) is 74.0 Å². The van der Waals surface area contributed by atoms with E-state index >= 15 is 0 Å². The Balaban J connectivity index is 1.30. The molecule has 2 heterocycles. The highest BCUT2D eigenvalue weighted by molar-refractivity contribution is 6.00. The predicted octanol–water partition coefficient (Wildman–Crippen LogP) is 2.40. The monoisotopic (exact) mass is 550 g/mol. The second-order valence-corrected chi connectivity index (χ2v) is 9.18. The second kappa shape index (κ2) is 11.9. The Morgan fingerprint density at radius 2 is 1.40 bits per heavy atom. The summed E-state index contributed by atoms with van der Waals surface area (Å²) in [5.74, 6) is -0.474. The van der Waals surface area contributed by atoms with E-state index in [1.54, 1.807) is 30.3 Å². The molecule has 2 aliphatic rings. The summed E-state index contributed by atoms with van der Waals surface area (Å²) in [4.78, 5) is 26.1. The van der Waals surface area contributed by atoms with Crippen LogP contribution in [-0.2, 0) is 24.5 Å².